The summed E-state index contributed by atoms with van der Waals surface area (Å²) in [6, 6.07) is 2.45. The van der Waals surface area contributed by atoms with Gasteiger partial charge in [0.1, 0.15) is 0 Å². The second-order valence-electron chi connectivity index (χ2n) is 6.81. The maximum absolute atomic E-state index is 6.27. The monoisotopic (exact) mass is 251 g/mol. The van der Waals surface area contributed by atoms with Crippen LogP contribution in [0.2, 0.25) is 0 Å². The molecule has 2 saturated heterocycles. The number of rotatable bonds is 5. The van der Waals surface area contributed by atoms with E-state index in [1.165, 1.54) is 51.5 Å². The minimum Gasteiger partial charge on any atom is -0.329 e. The van der Waals surface area contributed by atoms with Gasteiger partial charge >= 0.3 is 0 Å². The molecular formula is C15H29N3. The Labute approximate surface area is 112 Å². The Balaban J connectivity index is 1.81. The fraction of sp³-hybridized carbons (Fsp3) is 1.00. The Kier molecular flexibility index (Phi) is 3.41. The molecule has 2 unspecified atom stereocenters. The molecule has 104 valence electrons. The molecule has 3 fully saturated rings. The van der Waals surface area contributed by atoms with Gasteiger partial charge in [0, 0.05) is 30.2 Å². The van der Waals surface area contributed by atoms with Crippen LogP contribution in [0, 0.1) is 0 Å². The highest BCUT2D eigenvalue weighted by atomic mass is 15.3. The molecule has 1 aliphatic carbocycles. The summed E-state index contributed by atoms with van der Waals surface area (Å²) < 4.78 is 0. The molecule has 1 saturated carbocycles. The topological polar surface area (TPSA) is 32.5 Å². The first-order chi connectivity index (χ1) is 8.70. The van der Waals surface area contributed by atoms with Crippen molar-refractivity contribution >= 4 is 0 Å². The second-order valence-corrected chi connectivity index (χ2v) is 6.81. The zero-order valence-corrected chi connectivity index (χ0v) is 12.1. The third-order valence-corrected chi connectivity index (χ3v) is 5.66. The lowest BCUT2D eigenvalue weighted by molar-refractivity contribution is -0.00445. The summed E-state index contributed by atoms with van der Waals surface area (Å²) >= 11 is 0. The van der Waals surface area contributed by atoms with E-state index in [1.807, 2.05) is 0 Å². The van der Waals surface area contributed by atoms with Crippen LogP contribution in [0.5, 0.6) is 0 Å². The first-order valence-electron chi connectivity index (χ1n) is 7.89. The summed E-state index contributed by atoms with van der Waals surface area (Å²) in [6.07, 6.45) is 9.50. The molecule has 0 spiro atoms. The molecule has 2 N–H and O–H groups in total. The van der Waals surface area contributed by atoms with E-state index < -0.39 is 0 Å². The van der Waals surface area contributed by atoms with Gasteiger partial charge in [-0.2, -0.15) is 0 Å². The van der Waals surface area contributed by atoms with E-state index in [0.717, 1.165) is 24.7 Å². The summed E-state index contributed by atoms with van der Waals surface area (Å²) in [4.78, 5) is 5.44. The predicted octanol–water partition coefficient (Wildman–Crippen LogP) is 1.81. The summed E-state index contributed by atoms with van der Waals surface area (Å²) in [5.41, 5.74) is 6.60. The summed E-state index contributed by atoms with van der Waals surface area (Å²) in [5.74, 6) is 0. The standard InChI is InChI=1S/C15H29N3/c1-3-8-18(12-4-5-12)15(11-16)9-13-6-7-14(10-15)17(13)2/h12-14H,3-11,16H2,1-2H3. The predicted molar refractivity (Wildman–Crippen MR) is 75.6 cm³/mol. The fourth-order valence-corrected chi connectivity index (χ4v) is 4.50. The molecule has 0 radical (unpaired) electrons. The van der Waals surface area contributed by atoms with Crippen molar-refractivity contribution in [3.8, 4) is 0 Å². The number of nitrogens with two attached hydrogens (primary N) is 1. The lowest BCUT2D eigenvalue weighted by atomic mass is 9.81. The minimum absolute atomic E-state index is 0.329. The van der Waals surface area contributed by atoms with Crippen molar-refractivity contribution in [2.75, 3.05) is 20.1 Å². The van der Waals surface area contributed by atoms with Crippen molar-refractivity contribution in [1.29, 1.82) is 0 Å². The number of hydrogen-bond acceptors (Lipinski definition) is 3. The zero-order chi connectivity index (χ0) is 12.8. The SMILES string of the molecule is CCCN(C1CC1)C1(CN)CC2CCC(C1)N2C. The van der Waals surface area contributed by atoms with Crippen LogP contribution in [0.3, 0.4) is 0 Å². The Hall–Kier alpha value is -0.120. The number of hydrogen-bond donors (Lipinski definition) is 1. The van der Waals surface area contributed by atoms with Crippen molar-refractivity contribution in [3.05, 3.63) is 0 Å². The van der Waals surface area contributed by atoms with Crippen LogP contribution >= 0.6 is 0 Å². The smallest absolute Gasteiger partial charge is 0.0364 e. The molecule has 2 aliphatic heterocycles. The van der Waals surface area contributed by atoms with Gasteiger partial charge in [-0.3, -0.25) is 4.90 Å². The average molecular weight is 251 g/mol. The van der Waals surface area contributed by atoms with Gasteiger partial charge in [-0.15, -0.1) is 0 Å². The first-order valence-corrected chi connectivity index (χ1v) is 7.89. The number of piperidine rings is 1. The molecule has 3 aliphatic rings. The van der Waals surface area contributed by atoms with Crippen LogP contribution in [0.15, 0.2) is 0 Å². The zero-order valence-electron chi connectivity index (χ0n) is 12.1. The average Bonchev–Trinajstić information content (AvgIpc) is 3.18. The largest absolute Gasteiger partial charge is 0.329 e. The van der Waals surface area contributed by atoms with Gasteiger partial charge < -0.3 is 10.6 Å². The van der Waals surface area contributed by atoms with E-state index in [9.17, 15) is 0 Å². The third-order valence-electron chi connectivity index (χ3n) is 5.66. The summed E-state index contributed by atoms with van der Waals surface area (Å²) in [7, 11) is 2.32. The van der Waals surface area contributed by atoms with Gasteiger partial charge in [-0.25, -0.2) is 0 Å². The van der Waals surface area contributed by atoms with Crippen molar-refractivity contribution in [2.24, 2.45) is 5.73 Å². The molecule has 2 atom stereocenters. The van der Waals surface area contributed by atoms with Crippen LogP contribution in [0.1, 0.15) is 51.9 Å². The Morgan fingerprint density at radius 2 is 1.78 bits per heavy atom. The van der Waals surface area contributed by atoms with Gasteiger partial charge in [0.15, 0.2) is 0 Å². The third kappa shape index (κ3) is 2.00. The van der Waals surface area contributed by atoms with Gasteiger partial charge in [0.2, 0.25) is 0 Å². The summed E-state index contributed by atoms with van der Waals surface area (Å²) in [5, 5.41) is 0. The lowest BCUT2D eigenvalue weighted by Gasteiger charge is -2.51. The molecular weight excluding hydrogens is 222 g/mol. The molecule has 2 heterocycles. The van der Waals surface area contributed by atoms with Gasteiger partial charge in [-0.1, -0.05) is 6.92 Å². The van der Waals surface area contributed by atoms with Crippen LogP contribution in [0.25, 0.3) is 0 Å². The van der Waals surface area contributed by atoms with Crippen molar-refractivity contribution < 1.29 is 0 Å². The Bertz CT molecular complexity index is 286. The van der Waals surface area contributed by atoms with Crippen LogP contribution in [0.4, 0.5) is 0 Å². The maximum Gasteiger partial charge on any atom is 0.0364 e. The lowest BCUT2D eigenvalue weighted by Crippen LogP contribution is -2.62. The molecule has 0 aromatic rings. The molecule has 0 aromatic heterocycles. The summed E-state index contributed by atoms with van der Waals surface area (Å²) in [6.45, 7) is 4.43. The quantitative estimate of drug-likeness (QED) is 0.809. The van der Waals surface area contributed by atoms with E-state index in [4.69, 9.17) is 5.73 Å². The van der Waals surface area contributed by atoms with Gasteiger partial charge in [0.05, 0.1) is 0 Å². The van der Waals surface area contributed by atoms with Gasteiger partial charge in [-0.05, 0) is 58.5 Å². The van der Waals surface area contributed by atoms with E-state index >= 15 is 0 Å². The van der Waals surface area contributed by atoms with Crippen molar-refractivity contribution in [2.45, 2.75) is 75.5 Å². The molecule has 3 rings (SSSR count). The second kappa shape index (κ2) is 4.77. The number of fused-ring (bicyclic) bond motifs is 2. The molecule has 3 nitrogen and oxygen atoms in total. The van der Waals surface area contributed by atoms with Crippen molar-refractivity contribution in [1.82, 2.24) is 9.80 Å². The highest BCUT2D eigenvalue weighted by Crippen LogP contribution is 2.45. The van der Waals surface area contributed by atoms with E-state index in [1.54, 1.807) is 0 Å². The molecule has 3 heteroatoms. The van der Waals surface area contributed by atoms with Crippen molar-refractivity contribution in [3.63, 3.8) is 0 Å². The Morgan fingerprint density at radius 1 is 1.17 bits per heavy atom. The first kappa shape index (κ1) is 12.9. The fourth-order valence-electron chi connectivity index (χ4n) is 4.50. The van der Waals surface area contributed by atoms with Crippen LogP contribution in [-0.4, -0.2) is 53.6 Å². The molecule has 2 bridgehead atoms. The molecule has 0 aromatic carbocycles. The highest BCUT2D eigenvalue weighted by molar-refractivity contribution is 5.09. The van der Waals surface area contributed by atoms with Crippen LogP contribution in [-0.2, 0) is 0 Å². The van der Waals surface area contributed by atoms with E-state index in [-0.39, 0.29) is 0 Å². The minimum atomic E-state index is 0.329. The van der Waals surface area contributed by atoms with Gasteiger partial charge in [0.25, 0.3) is 0 Å². The molecule has 0 amide bonds. The van der Waals surface area contributed by atoms with E-state index in [2.05, 4.69) is 23.8 Å². The van der Waals surface area contributed by atoms with E-state index in [0.29, 0.717) is 5.54 Å². The maximum atomic E-state index is 6.27. The van der Waals surface area contributed by atoms with Crippen LogP contribution < -0.4 is 5.73 Å². The Morgan fingerprint density at radius 3 is 2.22 bits per heavy atom. The normalized spacial score (nSPS) is 40.7. The molecule has 18 heavy (non-hydrogen) atoms. The number of nitrogens with zero attached hydrogens (tertiary/aromatic N) is 2. The highest BCUT2D eigenvalue weighted by Gasteiger charge is 2.51.